The molecule has 0 aliphatic heterocycles. The summed E-state index contributed by atoms with van der Waals surface area (Å²) in [5, 5.41) is 9.19. The molecule has 0 saturated carbocycles. The third-order valence-corrected chi connectivity index (χ3v) is 13.5. The Balaban J connectivity index is 0. The van der Waals surface area contributed by atoms with E-state index in [-0.39, 0.29) is 18.9 Å². The molecule has 5 nitrogen and oxygen atoms in total. The SMILES string of the molecule is CC[Si](CC)(CC)C(C)(C(=O)O)S(=O)(=O)O.[LiH]. The molecule has 2 N–H and O–H groups in total. The Kier molecular flexibility index (Phi) is 7.34. The van der Waals surface area contributed by atoms with Crippen LogP contribution in [0.15, 0.2) is 0 Å². The third-order valence-electron chi connectivity index (χ3n) is 3.97. The summed E-state index contributed by atoms with van der Waals surface area (Å²) in [5.74, 6) is -1.44. The first kappa shape index (κ1) is 19.5. The summed E-state index contributed by atoms with van der Waals surface area (Å²) in [6, 6.07) is 1.55. The number of carboxylic acids is 1. The van der Waals surface area contributed by atoms with Crippen molar-refractivity contribution < 1.29 is 22.9 Å². The van der Waals surface area contributed by atoms with E-state index in [9.17, 15) is 22.9 Å². The number of hydrogen-bond donors (Lipinski definition) is 2. The molecule has 0 fully saturated rings. The molecule has 0 amide bonds. The molecule has 0 aliphatic carbocycles. The van der Waals surface area contributed by atoms with Crippen molar-refractivity contribution in [3.05, 3.63) is 0 Å². The van der Waals surface area contributed by atoms with Gasteiger partial charge in [0.25, 0.3) is 10.1 Å². The minimum absolute atomic E-state index is 0. The number of rotatable bonds is 6. The van der Waals surface area contributed by atoms with Gasteiger partial charge >= 0.3 is 24.8 Å². The van der Waals surface area contributed by atoms with E-state index in [4.69, 9.17) is 0 Å². The van der Waals surface area contributed by atoms with Crippen LogP contribution >= 0.6 is 0 Å². The first-order chi connectivity index (χ1) is 7.13. The van der Waals surface area contributed by atoms with Gasteiger partial charge in [0.1, 0.15) is 0 Å². The summed E-state index contributed by atoms with van der Waals surface area (Å²) in [7, 11) is -7.20. The first-order valence-electron chi connectivity index (χ1n) is 5.33. The van der Waals surface area contributed by atoms with Gasteiger partial charge in [-0.25, -0.2) is 0 Å². The molecule has 8 heteroatoms. The minimum atomic E-state index is -4.60. The van der Waals surface area contributed by atoms with Crippen molar-refractivity contribution >= 4 is 43.0 Å². The van der Waals surface area contributed by atoms with Crippen molar-refractivity contribution in [2.45, 2.75) is 50.2 Å². The van der Waals surface area contributed by atoms with Crippen LogP contribution in [0, 0.1) is 0 Å². The molecule has 0 bridgehead atoms. The van der Waals surface area contributed by atoms with Gasteiger partial charge in [0.15, 0.2) is 4.37 Å². The fraction of sp³-hybridized carbons (Fsp3) is 0.889. The number of carbonyl (C=O) groups is 1. The van der Waals surface area contributed by atoms with Crippen molar-refractivity contribution in [2.75, 3.05) is 0 Å². The Morgan fingerprint density at radius 3 is 1.53 bits per heavy atom. The quantitative estimate of drug-likeness (QED) is 0.560. The van der Waals surface area contributed by atoms with E-state index in [2.05, 4.69) is 0 Å². The molecule has 17 heavy (non-hydrogen) atoms. The van der Waals surface area contributed by atoms with Crippen LogP contribution in [-0.4, -0.2) is 55.4 Å². The van der Waals surface area contributed by atoms with Crippen LogP contribution < -0.4 is 0 Å². The van der Waals surface area contributed by atoms with Crippen molar-refractivity contribution in [3.63, 3.8) is 0 Å². The van der Waals surface area contributed by atoms with Gasteiger partial charge in [-0.2, -0.15) is 8.42 Å². The van der Waals surface area contributed by atoms with Crippen molar-refractivity contribution in [3.8, 4) is 0 Å². The van der Waals surface area contributed by atoms with Gasteiger partial charge in [0.05, 0.1) is 8.07 Å². The molecule has 0 heterocycles. The van der Waals surface area contributed by atoms with E-state index in [1.165, 1.54) is 0 Å². The van der Waals surface area contributed by atoms with E-state index >= 15 is 0 Å². The maximum atomic E-state index is 11.4. The summed E-state index contributed by atoms with van der Waals surface area (Å²) in [6.07, 6.45) is 0. The number of hydrogen-bond acceptors (Lipinski definition) is 3. The Labute approximate surface area is 116 Å². The summed E-state index contributed by atoms with van der Waals surface area (Å²) in [4.78, 5) is 11.3. The van der Waals surface area contributed by atoms with E-state index in [1.54, 1.807) is 20.8 Å². The van der Waals surface area contributed by atoms with Gasteiger partial charge in [0, 0.05) is 0 Å². The number of carboxylic acid groups (broad SMARTS) is 1. The predicted octanol–water partition coefficient (Wildman–Crippen LogP) is 1.12. The van der Waals surface area contributed by atoms with E-state index in [1.807, 2.05) is 0 Å². The second-order valence-electron chi connectivity index (χ2n) is 4.15. The summed E-state index contributed by atoms with van der Waals surface area (Å²) in [5.41, 5.74) is 0. The van der Waals surface area contributed by atoms with Gasteiger partial charge in [-0.15, -0.1) is 0 Å². The fourth-order valence-electron chi connectivity index (χ4n) is 2.37. The molecule has 0 aromatic heterocycles. The zero-order valence-electron chi connectivity index (χ0n) is 10.1. The molecule has 0 spiro atoms. The van der Waals surface area contributed by atoms with E-state index in [0.717, 1.165) is 6.92 Å². The molecular formula is C9H21LiO5SSi. The monoisotopic (exact) mass is 276 g/mol. The molecule has 0 aromatic rings. The maximum absolute atomic E-state index is 11.4. The van der Waals surface area contributed by atoms with Crippen LogP contribution in [0.25, 0.3) is 0 Å². The summed E-state index contributed by atoms with van der Waals surface area (Å²) in [6.45, 7) is 6.54. The van der Waals surface area contributed by atoms with Crippen LogP contribution in [0.5, 0.6) is 0 Å². The van der Waals surface area contributed by atoms with Gasteiger partial charge < -0.3 is 5.11 Å². The van der Waals surface area contributed by atoms with E-state index < -0.39 is 28.5 Å². The van der Waals surface area contributed by atoms with Gasteiger partial charge in [0.2, 0.25) is 0 Å². The fourth-order valence-corrected chi connectivity index (χ4v) is 10.1. The zero-order chi connectivity index (χ0) is 13.2. The Morgan fingerprint density at radius 1 is 1.18 bits per heavy atom. The standard InChI is InChI=1S/C9H20O5SSi.Li.H/c1-5-16(6-2,7-3)9(4,8(10)11)15(12,13)14;;/h5-7H2,1-4H3,(H,10,11)(H,12,13,14);;. The molecule has 0 rings (SSSR count). The second-order valence-corrected chi connectivity index (χ2v) is 12.0. The van der Waals surface area contributed by atoms with Gasteiger partial charge in [-0.1, -0.05) is 38.9 Å². The number of aliphatic carboxylic acids is 1. The Hall–Kier alpha value is 0.194. The summed E-state index contributed by atoms with van der Waals surface area (Å²) < 4.78 is 30.1. The third kappa shape index (κ3) is 2.96. The van der Waals surface area contributed by atoms with E-state index in [0.29, 0.717) is 18.1 Å². The average molecular weight is 276 g/mol. The molecular weight excluding hydrogens is 255 g/mol. The zero-order valence-corrected chi connectivity index (χ0v) is 12.0. The van der Waals surface area contributed by atoms with Crippen LogP contribution in [0.3, 0.4) is 0 Å². The molecule has 98 valence electrons. The molecule has 1 atom stereocenters. The average Bonchev–Trinajstić information content (AvgIpc) is 2.18. The van der Waals surface area contributed by atoms with Crippen molar-refractivity contribution in [1.29, 1.82) is 0 Å². The van der Waals surface area contributed by atoms with Gasteiger partial charge in [-0.05, 0) is 6.92 Å². The molecule has 0 aliphatic rings. The first-order valence-corrected chi connectivity index (χ1v) is 9.39. The predicted molar refractivity (Wildman–Crippen MR) is 71.9 cm³/mol. The molecule has 0 saturated heterocycles. The Morgan fingerprint density at radius 2 is 1.47 bits per heavy atom. The van der Waals surface area contributed by atoms with Crippen molar-refractivity contribution in [1.82, 2.24) is 0 Å². The van der Waals surface area contributed by atoms with Crippen LogP contribution in [-0.2, 0) is 14.9 Å². The second kappa shape index (κ2) is 6.39. The van der Waals surface area contributed by atoms with Crippen LogP contribution in [0.1, 0.15) is 27.7 Å². The van der Waals surface area contributed by atoms with Gasteiger partial charge in [-0.3, -0.25) is 9.35 Å². The normalized spacial score (nSPS) is 15.8. The molecule has 1 unspecified atom stereocenters. The Bertz CT molecular complexity index is 357. The van der Waals surface area contributed by atoms with Crippen molar-refractivity contribution in [2.24, 2.45) is 0 Å². The molecule has 0 aromatic carbocycles. The summed E-state index contributed by atoms with van der Waals surface area (Å²) >= 11 is 0. The van der Waals surface area contributed by atoms with Crippen LogP contribution in [0.2, 0.25) is 18.1 Å². The molecule has 0 radical (unpaired) electrons. The topological polar surface area (TPSA) is 91.7 Å². The van der Waals surface area contributed by atoms with Crippen LogP contribution in [0.4, 0.5) is 0 Å².